The van der Waals surface area contributed by atoms with Gasteiger partial charge in [-0.1, -0.05) is 64.7 Å². The minimum Gasteiger partial charge on any atom is -0.481 e. The number of carboxylic acids is 3. The van der Waals surface area contributed by atoms with Crippen LogP contribution in [-0.4, -0.2) is 267 Å². The standard InChI is InChI=1S/C65H120N6O24/c1-65(53-93-32-20-59(75)66-26-14-8-2-5-11-17-56(72)69-29-38-87-44-50-90-47-41-84-35-23-62(78)79,54-94-33-21-60(76)67-27-15-9-3-6-12-18-57(73)70-30-39-88-45-51-91-48-42-85-36-24-63(80)81)55-95-34-22-61(77)68-28-16-10-4-7-13-19-58(74)71-31-40-89-46-52-92-49-43-86-37-25-64(82)83/h2-55H2,1H3,(H,66,75)(H,67,76)(H,68,77)(H,69,72)(H,70,73)(H,71,74)(H,78,79)(H,80,81)(H,82,83). The molecule has 30 heteroatoms. The molecule has 0 spiro atoms. The summed E-state index contributed by atoms with van der Waals surface area (Å²) in [6, 6.07) is 0. The van der Waals surface area contributed by atoms with Gasteiger partial charge in [-0.05, 0) is 38.5 Å². The molecule has 0 aliphatic rings. The quantitative estimate of drug-likeness (QED) is 0.0393. The molecule has 0 aromatic rings. The van der Waals surface area contributed by atoms with Crippen molar-refractivity contribution in [2.45, 2.75) is 161 Å². The van der Waals surface area contributed by atoms with Crippen LogP contribution in [0.1, 0.15) is 161 Å². The van der Waals surface area contributed by atoms with Crippen LogP contribution in [0.5, 0.6) is 0 Å². The van der Waals surface area contributed by atoms with Gasteiger partial charge in [0, 0.05) is 83.2 Å². The topological polar surface area (TPSA) is 397 Å². The predicted molar refractivity (Wildman–Crippen MR) is 350 cm³/mol. The van der Waals surface area contributed by atoms with Gasteiger partial charge < -0.3 is 104 Å². The molecule has 0 saturated carbocycles. The third-order valence-electron chi connectivity index (χ3n) is 13.8. The van der Waals surface area contributed by atoms with Crippen LogP contribution in [0, 0.1) is 5.41 Å². The van der Waals surface area contributed by atoms with Crippen molar-refractivity contribution in [3.63, 3.8) is 0 Å². The fourth-order valence-electron chi connectivity index (χ4n) is 8.50. The van der Waals surface area contributed by atoms with E-state index in [1.807, 2.05) is 6.92 Å². The van der Waals surface area contributed by atoms with E-state index in [0.29, 0.717) is 158 Å². The van der Waals surface area contributed by atoms with Crippen molar-refractivity contribution in [1.82, 2.24) is 31.9 Å². The monoisotopic (exact) mass is 1370 g/mol. The number of nitrogens with one attached hydrogen (secondary N) is 6. The van der Waals surface area contributed by atoms with Gasteiger partial charge in [-0.3, -0.25) is 43.2 Å². The van der Waals surface area contributed by atoms with E-state index in [2.05, 4.69) is 31.9 Å². The zero-order chi connectivity index (χ0) is 69.6. The van der Waals surface area contributed by atoms with Gasteiger partial charge in [-0.15, -0.1) is 0 Å². The molecule has 0 heterocycles. The van der Waals surface area contributed by atoms with E-state index in [9.17, 15) is 43.2 Å². The van der Waals surface area contributed by atoms with Gasteiger partial charge in [-0.2, -0.15) is 0 Å². The van der Waals surface area contributed by atoms with Crippen LogP contribution in [0.15, 0.2) is 0 Å². The molecule has 30 nitrogen and oxygen atoms in total. The highest BCUT2D eigenvalue weighted by atomic mass is 16.6. The minimum atomic E-state index is -0.908. The van der Waals surface area contributed by atoms with Crippen molar-refractivity contribution in [2.75, 3.05) is 198 Å². The molecular formula is C65H120N6O24. The molecule has 6 amide bonds. The summed E-state index contributed by atoms with van der Waals surface area (Å²) >= 11 is 0. The number of carbonyl (C=O) groups excluding carboxylic acids is 6. The Morgan fingerprint density at radius 2 is 0.411 bits per heavy atom. The molecule has 554 valence electrons. The lowest BCUT2D eigenvalue weighted by Crippen LogP contribution is -2.36. The fraction of sp³-hybridized carbons (Fsp3) is 0.862. The number of unbranched alkanes of at least 4 members (excludes halogenated alkanes) is 12. The van der Waals surface area contributed by atoms with Crippen molar-refractivity contribution in [1.29, 1.82) is 0 Å². The maximum Gasteiger partial charge on any atom is 0.305 e. The number of hydrogen-bond donors (Lipinski definition) is 9. The highest BCUT2D eigenvalue weighted by Gasteiger charge is 2.27. The summed E-state index contributed by atoms with van der Waals surface area (Å²) in [5.41, 5.74) is -0.647. The molecule has 0 bridgehead atoms. The summed E-state index contributed by atoms with van der Waals surface area (Å²) in [6.45, 7) is 11.7. The van der Waals surface area contributed by atoms with Crippen LogP contribution < -0.4 is 31.9 Å². The summed E-state index contributed by atoms with van der Waals surface area (Å²) in [5.74, 6) is -3.20. The molecular weight excluding hydrogens is 1250 g/mol. The van der Waals surface area contributed by atoms with Crippen molar-refractivity contribution in [2.24, 2.45) is 5.41 Å². The minimum absolute atomic E-state index is 0.0299. The zero-order valence-corrected chi connectivity index (χ0v) is 57.1. The van der Waals surface area contributed by atoms with Crippen molar-refractivity contribution in [3.05, 3.63) is 0 Å². The first-order valence-electron chi connectivity index (χ1n) is 34.3. The summed E-state index contributed by atoms with van der Waals surface area (Å²) < 4.78 is 65.8. The second-order valence-electron chi connectivity index (χ2n) is 22.8. The molecule has 0 aromatic carbocycles. The SMILES string of the molecule is CC(COCCC(=O)NCCCCCCCC(=O)NCCOCCOCCOCCC(=O)O)(COCCC(=O)NCCCCCCCC(=O)NCCOCCOCCOCCC(=O)O)COCCC(=O)NCCCCCCCC(=O)NCCOCCOCCOCCC(=O)O. The lowest BCUT2D eigenvalue weighted by atomic mass is 9.94. The predicted octanol–water partition coefficient (Wildman–Crippen LogP) is 3.51. The first kappa shape index (κ1) is 89.8. The van der Waals surface area contributed by atoms with E-state index < -0.39 is 23.3 Å². The van der Waals surface area contributed by atoms with Gasteiger partial charge in [-0.25, -0.2) is 0 Å². The average molecular weight is 1370 g/mol. The second-order valence-corrected chi connectivity index (χ2v) is 22.8. The Kier molecular flexibility index (Phi) is 64.9. The summed E-state index contributed by atoms with van der Waals surface area (Å²) in [6.07, 6.45) is 14.6. The molecule has 0 unspecified atom stereocenters. The molecule has 0 radical (unpaired) electrons. The maximum atomic E-state index is 12.6. The number of carboxylic acid groups (broad SMARTS) is 3. The molecule has 95 heavy (non-hydrogen) atoms. The van der Waals surface area contributed by atoms with E-state index in [1.165, 1.54) is 0 Å². The molecule has 0 aliphatic carbocycles. The highest BCUT2D eigenvalue weighted by molar-refractivity contribution is 5.77. The Hall–Kier alpha value is -5.25. The highest BCUT2D eigenvalue weighted by Crippen LogP contribution is 2.19. The number of rotatable bonds is 75. The Morgan fingerprint density at radius 3 is 0.663 bits per heavy atom. The van der Waals surface area contributed by atoms with E-state index in [0.717, 1.165) is 96.3 Å². The molecule has 0 saturated heterocycles. The molecule has 0 aliphatic heterocycles. The third-order valence-corrected chi connectivity index (χ3v) is 13.8. The van der Waals surface area contributed by atoms with Gasteiger partial charge in [0.25, 0.3) is 0 Å². The lowest BCUT2D eigenvalue weighted by Gasteiger charge is -2.29. The van der Waals surface area contributed by atoms with E-state index in [4.69, 9.17) is 72.2 Å². The molecule has 0 rings (SSSR count). The Bertz CT molecular complexity index is 1720. The van der Waals surface area contributed by atoms with Crippen LogP contribution in [0.4, 0.5) is 0 Å². The van der Waals surface area contributed by atoms with Crippen LogP contribution in [-0.2, 0) is 100.0 Å². The molecule has 0 aromatic heterocycles. The maximum absolute atomic E-state index is 12.6. The number of carbonyl (C=O) groups is 9. The number of hydrogen-bond acceptors (Lipinski definition) is 21. The van der Waals surface area contributed by atoms with Crippen LogP contribution in [0.2, 0.25) is 0 Å². The average Bonchev–Trinajstić information content (AvgIpc) is 2.65. The van der Waals surface area contributed by atoms with Crippen LogP contribution in [0.3, 0.4) is 0 Å². The smallest absolute Gasteiger partial charge is 0.305 e. The fourth-order valence-corrected chi connectivity index (χ4v) is 8.50. The molecule has 0 fully saturated rings. The van der Waals surface area contributed by atoms with Crippen LogP contribution in [0.25, 0.3) is 0 Å². The second kappa shape index (κ2) is 68.7. The van der Waals surface area contributed by atoms with Gasteiger partial charge in [0.05, 0.1) is 178 Å². The summed E-state index contributed by atoms with van der Waals surface area (Å²) in [4.78, 5) is 106. The third kappa shape index (κ3) is 71.4. The number of ether oxygens (including phenoxy) is 12. The largest absolute Gasteiger partial charge is 0.481 e. The Balaban J connectivity index is 4.47. The van der Waals surface area contributed by atoms with Gasteiger partial charge in [0.2, 0.25) is 35.4 Å². The zero-order valence-electron chi connectivity index (χ0n) is 57.1. The lowest BCUT2D eigenvalue weighted by molar-refractivity contribution is -0.139. The normalized spacial score (nSPS) is 11.3. The molecule has 9 N–H and O–H groups in total. The van der Waals surface area contributed by atoms with E-state index in [1.54, 1.807) is 0 Å². The van der Waals surface area contributed by atoms with Gasteiger partial charge in [0.1, 0.15) is 0 Å². The first-order valence-corrected chi connectivity index (χ1v) is 34.3. The van der Waals surface area contributed by atoms with Crippen LogP contribution >= 0.6 is 0 Å². The summed E-state index contributed by atoms with van der Waals surface area (Å²) in [5, 5.41) is 43.1. The molecule has 0 atom stereocenters. The summed E-state index contributed by atoms with van der Waals surface area (Å²) in [7, 11) is 0. The Labute approximate surface area is 563 Å². The van der Waals surface area contributed by atoms with Gasteiger partial charge >= 0.3 is 17.9 Å². The Morgan fingerprint density at radius 1 is 0.221 bits per heavy atom. The van der Waals surface area contributed by atoms with Crippen molar-refractivity contribution in [3.8, 4) is 0 Å². The number of amides is 6. The van der Waals surface area contributed by atoms with E-state index in [-0.39, 0.29) is 133 Å². The first-order chi connectivity index (χ1) is 46.1. The van der Waals surface area contributed by atoms with Gasteiger partial charge in [0.15, 0.2) is 0 Å². The van der Waals surface area contributed by atoms with Crippen molar-refractivity contribution >= 4 is 53.4 Å². The van der Waals surface area contributed by atoms with Crippen molar-refractivity contribution < 1.29 is 115 Å². The van der Waals surface area contributed by atoms with E-state index >= 15 is 0 Å². The number of aliphatic carboxylic acids is 3.